The Labute approximate surface area is 81.1 Å². The molecule has 0 fully saturated rings. The lowest BCUT2D eigenvalue weighted by Crippen LogP contribution is -2.23. The number of rotatable bonds is 4. The lowest BCUT2D eigenvalue weighted by Gasteiger charge is -2.21. The van der Waals surface area contributed by atoms with E-state index in [4.69, 9.17) is 45.0 Å². The lowest BCUT2D eigenvalue weighted by molar-refractivity contribution is 0.203. The quantitative estimate of drug-likeness (QED) is 0.710. The monoisotopic (exact) mass is 220 g/mol. The maximum absolute atomic E-state index is 8.75. The summed E-state index contributed by atoms with van der Waals surface area (Å²) in [6.07, 6.45) is 1.06. The number of aliphatic hydroxyl groups excluding tert-OH is 2. The molecule has 0 heterocycles. The first-order valence-corrected chi connectivity index (χ1v) is 4.44. The van der Waals surface area contributed by atoms with Crippen LogP contribution in [0.25, 0.3) is 0 Å². The standard InChI is InChI=1S/C6H11Cl3O2/c7-6(8,9)5(4-11)2-1-3-10/h5,10-11H,1-4H2. The van der Waals surface area contributed by atoms with Gasteiger partial charge in [-0.3, -0.25) is 0 Å². The van der Waals surface area contributed by atoms with Gasteiger partial charge in [-0.25, -0.2) is 0 Å². The first-order chi connectivity index (χ1) is 5.02. The van der Waals surface area contributed by atoms with E-state index in [-0.39, 0.29) is 19.1 Å². The predicted molar refractivity (Wildman–Crippen MR) is 47.2 cm³/mol. The molecule has 11 heavy (non-hydrogen) atoms. The first-order valence-electron chi connectivity index (χ1n) is 3.30. The summed E-state index contributed by atoms with van der Waals surface area (Å²) in [5, 5.41) is 17.2. The van der Waals surface area contributed by atoms with E-state index in [0.717, 1.165) is 0 Å². The van der Waals surface area contributed by atoms with Crippen molar-refractivity contribution in [3.8, 4) is 0 Å². The van der Waals surface area contributed by atoms with Crippen molar-refractivity contribution in [1.82, 2.24) is 0 Å². The molecule has 0 aromatic heterocycles. The molecule has 0 aliphatic rings. The summed E-state index contributed by atoms with van der Waals surface area (Å²) >= 11 is 16.6. The Morgan fingerprint density at radius 2 is 1.73 bits per heavy atom. The second-order valence-electron chi connectivity index (χ2n) is 2.29. The van der Waals surface area contributed by atoms with Crippen LogP contribution in [0.3, 0.4) is 0 Å². The second kappa shape index (κ2) is 5.44. The normalized spacial score (nSPS) is 15.0. The van der Waals surface area contributed by atoms with Crippen LogP contribution in [0.4, 0.5) is 0 Å². The van der Waals surface area contributed by atoms with E-state index in [1.807, 2.05) is 0 Å². The van der Waals surface area contributed by atoms with Gasteiger partial charge in [0, 0.05) is 19.1 Å². The van der Waals surface area contributed by atoms with Crippen LogP contribution in [0.2, 0.25) is 0 Å². The van der Waals surface area contributed by atoms with Crippen molar-refractivity contribution in [2.75, 3.05) is 13.2 Å². The number of halogens is 3. The molecule has 0 bridgehead atoms. The highest BCUT2D eigenvalue weighted by molar-refractivity contribution is 6.67. The topological polar surface area (TPSA) is 40.5 Å². The molecule has 0 radical (unpaired) electrons. The van der Waals surface area contributed by atoms with Crippen LogP contribution in [0.5, 0.6) is 0 Å². The van der Waals surface area contributed by atoms with E-state index >= 15 is 0 Å². The third kappa shape index (κ3) is 5.10. The second-order valence-corrected chi connectivity index (χ2v) is 4.66. The average Bonchev–Trinajstić information content (AvgIpc) is 1.87. The van der Waals surface area contributed by atoms with E-state index in [2.05, 4.69) is 0 Å². The number of alkyl halides is 3. The molecule has 2 nitrogen and oxygen atoms in total. The molecule has 0 amide bonds. The van der Waals surface area contributed by atoms with Crippen LogP contribution in [0.1, 0.15) is 12.8 Å². The van der Waals surface area contributed by atoms with Gasteiger partial charge in [0.15, 0.2) is 3.79 Å². The van der Waals surface area contributed by atoms with Gasteiger partial charge in [-0.2, -0.15) is 0 Å². The van der Waals surface area contributed by atoms with Crippen LogP contribution in [-0.2, 0) is 0 Å². The Bertz CT molecular complexity index is 102. The molecule has 1 atom stereocenters. The summed E-state index contributed by atoms with van der Waals surface area (Å²) in [4.78, 5) is 0. The maximum Gasteiger partial charge on any atom is 0.195 e. The minimum Gasteiger partial charge on any atom is -0.396 e. The van der Waals surface area contributed by atoms with E-state index in [1.54, 1.807) is 0 Å². The van der Waals surface area contributed by atoms with Crippen LogP contribution >= 0.6 is 34.8 Å². The van der Waals surface area contributed by atoms with Gasteiger partial charge >= 0.3 is 0 Å². The minimum absolute atomic E-state index is 0.0528. The third-order valence-electron chi connectivity index (χ3n) is 1.39. The number of hydrogen-bond donors (Lipinski definition) is 2. The lowest BCUT2D eigenvalue weighted by atomic mass is 10.1. The summed E-state index contributed by atoms with van der Waals surface area (Å²) in [6.45, 7) is -0.117. The van der Waals surface area contributed by atoms with Gasteiger partial charge in [-0.05, 0) is 12.8 Å². The molecule has 0 aromatic rings. The highest BCUT2D eigenvalue weighted by atomic mass is 35.6. The highest BCUT2D eigenvalue weighted by Crippen LogP contribution is 2.37. The van der Waals surface area contributed by atoms with E-state index in [9.17, 15) is 0 Å². The molecule has 0 rings (SSSR count). The van der Waals surface area contributed by atoms with Crippen molar-refractivity contribution < 1.29 is 10.2 Å². The maximum atomic E-state index is 8.75. The fourth-order valence-corrected chi connectivity index (χ4v) is 1.23. The van der Waals surface area contributed by atoms with Crippen molar-refractivity contribution in [2.45, 2.75) is 16.6 Å². The summed E-state index contributed by atoms with van der Waals surface area (Å²) in [6, 6.07) is 0. The van der Waals surface area contributed by atoms with Crippen LogP contribution < -0.4 is 0 Å². The molecule has 0 saturated heterocycles. The fourth-order valence-electron chi connectivity index (χ4n) is 0.696. The SMILES string of the molecule is OCCCC(CO)C(Cl)(Cl)Cl. The van der Waals surface area contributed by atoms with Gasteiger partial charge in [-0.15, -0.1) is 0 Å². The van der Waals surface area contributed by atoms with Gasteiger partial charge in [0.25, 0.3) is 0 Å². The molecule has 0 aliphatic heterocycles. The van der Waals surface area contributed by atoms with Gasteiger partial charge in [0.05, 0.1) is 0 Å². The highest BCUT2D eigenvalue weighted by Gasteiger charge is 2.31. The molecule has 5 heteroatoms. The summed E-state index contributed by atoms with van der Waals surface area (Å²) < 4.78 is -1.43. The zero-order valence-electron chi connectivity index (χ0n) is 5.93. The van der Waals surface area contributed by atoms with Crippen LogP contribution in [-0.4, -0.2) is 27.2 Å². The Hall–Kier alpha value is 0.790. The Morgan fingerprint density at radius 3 is 2.00 bits per heavy atom. The van der Waals surface area contributed by atoms with Crippen LogP contribution in [0.15, 0.2) is 0 Å². The summed E-state index contributed by atoms with van der Waals surface area (Å²) in [7, 11) is 0. The van der Waals surface area contributed by atoms with Crippen molar-refractivity contribution >= 4 is 34.8 Å². The van der Waals surface area contributed by atoms with Gasteiger partial charge in [0.2, 0.25) is 0 Å². The number of aliphatic hydroxyl groups is 2. The third-order valence-corrected chi connectivity index (χ3v) is 2.32. The fraction of sp³-hybridized carbons (Fsp3) is 1.00. The molecular formula is C6H11Cl3O2. The smallest absolute Gasteiger partial charge is 0.195 e. The average molecular weight is 222 g/mol. The Balaban J connectivity index is 3.76. The Kier molecular flexibility index (Phi) is 5.83. The summed E-state index contributed by atoms with van der Waals surface area (Å²) in [5.41, 5.74) is 0. The first kappa shape index (κ1) is 11.8. The van der Waals surface area contributed by atoms with Crippen LogP contribution in [0, 0.1) is 5.92 Å². The molecule has 0 saturated carbocycles. The van der Waals surface area contributed by atoms with Crippen molar-refractivity contribution in [3.05, 3.63) is 0 Å². The molecule has 2 N–H and O–H groups in total. The predicted octanol–water partition coefficient (Wildman–Crippen LogP) is 1.74. The van der Waals surface area contributed by atoms with E-state index in [0.29, 0.717) is 12.8 Å². The minimum atomic E-state index is -1.43. The molecule has 0 spiro atoms. The largest absolute Gasteiger partial charge is 0.396 e. The molecule has 1 unspecified atom stereocenters. The molecule has 0 aliphatic carbocycles. The van der Waals surface area contributed by atoms with Gasteiger partial charge in [-0.1, -0.05) is 34.8 Å². The molecular weight excluding hydrogens is 210 g/mol. The van der Waals surface area contributed by atoms with Gasteiger partial charge < -0.3 is 10.2 Å². The van der Waals surface area contributed by atoms with Crippen molar-refractivity contribution in [1.29, 1.82) is 0 Å². The van der Waals surface area contributed by atoms with E-state index < -0.39 is 3.79 Å². The van der Waals surface area contributed by atoms with Crippen molar-refractivity contribution in [2.24, 2.45) is 5.92 Å². The zero-order chi connectivity index (χ0) is 8.91. The number of hydrogen-bond acceptors (Lipinski definition) is 2. The summed E-state index contributed by atoms with van der Waals surface area (Å²) in [5.74, 6) is -0.389. The van der Waals surface area contributed by atoms with E-state index in [1.165, 1.54) is 0 Å². The Morgan fingerprint density at radius 1 is 1.18 bits per heavy atom. The molecule has 0 aromatic carbocycles. The molecule has 68 valence electrons. The zero-order valence-corrected chi connectivity index (χ0v) is 8.20. The van der Waals surface area contributed by atoms with Crippen molar-refractivity contribution in [3.63, 3.8) is 0 Å². The van der Waals surface area contributed by atoms with Gasteiger partial charge in [0.1, 0.15) is 0 Å².